The molecule has 10 heteroatoms. The summed E-state index contributed by atoms with van der Waals surface area (Å²) in [4.78, 5) is 39.1. The van der Waals surface area contributed by atoms with Crippen LogP contribution in [0.5, 0.6) is 5.75 Å². The van der Waals surface area contributed by atoms with Crippen LogP contribution in [0.4, 0.5) is 10.5 Å². The van der Waals surface area contributed by atoms with E-state index >= 15 is 0 Å². The summed E-state index contributed by atoms with van der Waals surface area (Å²) in [5.74, 6) is -0.915. The second kappa shape index (κ2) is 10.5. The van der Waals surface area contributed by atoms with Crippen LogP contribution >= 0.6 is 55.1 Å². The molecule has 178 valence electrons. The molecule has 0 radical (unpaired) electrons. The number of rotatable bonds is 5. The SMILES string of the molecule is Cc1cc(Br)ccc1N1C(=O)NC(=O)/C(=C/c2ccc(OCc3ccc(Cl)c(Cl)c3)c(Br)c2)C1=O. The van der Waals surface area contributed by atoms with Crippen molar-refractivity contribution in [2.45, 2.75) is 13.5 Å². The summed E-state index contributed by atoms with van der Waals surface area (Å²) in [5.41, 5.74) is 2.33. The highest BCUT2D eigenvalue weighted by Gasteiger charge is 2.37. The van der Waals surface area contributed by atoms with Crippen molar-refractivity contribution < 1.29 is 19.1 Å². The number of nitrogens with zero attached hydrogens (tertiary/aromatic N) is 1. The maximum atomic E-state index is 13.2. The number of aryl methyl sites for hydroxylation is 1. The minimum atomic E-state index is -0.796. The fourth-order valence-corrected chi connectivity index (χ4v) is 4.73. The lowest BCUT2D eigenvalue weighted by Gasteiger charge is -2.27. The highest BCUT2D eigenvalue weighted by Crippen LogP contribution is 2.31. The van der Waals surface area contributed by atoms with Gasteiger partial charge >= 0.3 is 6.03 Å². The Labute approximate surface area is 228 Å². The number of hydrogen-bond donors (Lipinski definition) is 1. The van der Waals surface area contributed by atoms with E-state index in [1.54, 1.807) is 55.5 Å². The molecule has 6 nitrogen and oxygen atoms in total. The van der Waals surface area contributed by atoms with E-state index in [1.807, 2.05) is 6.07 Å². The molecular formula is C25H16Br2Cl2N2O4. The lowest BCUT2D eigenvalue weighted by molar-refractivity contribution is -0.122. The van der Waals surface area contributed by atoms with Crippen molar-refractivity contribution in [1.82, 2.24) is 5.32 Å². The van der Waals surface area contributed by atoms with Crippen molar-refractivity contribution in [3.05, 3.63) is 95.9 Å². The van der Waals surface area contributed by atoms with Crippen molar-refractivity contribution in [3.8, 4) is 5.75 Å². The number of urea groups is 1. The molecule has 0 bridgehead atoms. The maximum absolute atomic E-state index is 13.2. The Morgan fingerprint density at radius 2 is 1.74 bits per heavy atom. The fourth-order valence-electron chi connectivity index (χ4n) is 3.43. The van der Waals surface area contributed by atoms with Gasteiger partial charge in [-0.05, 0) is 88.1 Å². The zero-order valence-corrected chi connectivity index (χ0v) is 22.8. The first kappa shape index (κ1) is 25.4. The summed E-state index contributed by atoms with van der Waals surface area (Å²) < 4.78 is 7.27. The van der Waals surface area contributed by atoms with Crippen LogP contribution in [0.25, 0.3) is 6.08 Å². The molecule has 0 saturated carbocycles. The van der Waals surface area contributed by atoms with Crippen LogP contribution in [0, 0.1) is 6.92 Å². The number of benzene rings is 3. The van der Waals surface area contributed by atoms with E-state index in [9.17, 15) is 14.4 Å². The number of imide groups is 2. The van der Waals surface area contributed by atoms with Crippen LogP contribution in [0.2, 0.25) is 10.0 Å². The molecule has 0 atom stereocenters. The Hall–Kier alpha value is -2.65. The van der Waals surface area contributed by atoms with E-state index in [4.69, 9.17) is 27.9 Å². The third-order valence-corrected chi connectivity index (χ3v) is 7.00. The van der Waals surface area contributed by atoms with Gasteiger partial charge in [0.25, 0.3) is 11.8 Å². The van der Waals surface area contributed by atoms with Gasteiger partial charge in [-0.1, -0.05) is 51.3 Å². The van der Waals surface area contributed by atoms with Crippen LogP contribution in [0.1, 0.15) is 16.7 Å². The predicted molar refractivity (Wildman–Crippen MR) is 143 cm³/mol. The second-order valence-corrected chi connectivity index (χ2v) is 10.2. The summed E-state index contributed by atoms with van der Waals surface area (Å²) >= 11 is 18.8. The molecule has 3 aromatic carbocycles. The Morgan fingerprint density at radius 1 is 0.971 bits per heavy atom. The Kier molecular flexibility index (Phi) is 7.66. The number of anilines is 1. The van der Waals surface area contributed by atoms with E-state index in [0.29, 0.717) is 37.1 Å². The normalized spacial score (nSPS) is 14.9. The van der Waals surface area contributed by atoms with Gasteiger partial charge in [0.05, 0.1) is 20.2 Å². The molecule has 1 aliphatic heterocycles. The Balaban J connectivity index is 1.57. The third-order valence-electron chi connectivity index (χ3n) is 5.15. The molecule has 0 unspecified atom stereocenters. The molecule has 1 fully saturated rings. The zero-order chi connectivity index (χ0) is 25.3. The standard InChI is InChI=1S/C25H16Br2Cl2N2O4/c1-13-8-16(26)4-6-21(13)31-24(33)17(23(32)30-25(31)34)9-14-3-7-22(18(27)10-14)35-12-15-2-5-19(28)20(29)11-15/h2-11H,12H2,1H3,(H,30,32,34)/b17-9-. The summed E-state index contributed by atoms with van der Waals surface area (Å²) in [6.07, 6.45) is 1.43. The first-order valence-corrected chi connectivity index (χ1v) is 12.5. The van der Waals surface area contributed by atoms with Gasteiger partial charge < -0.3 is 4.74 Å². The number of ether oxygens (including phenoxy) is 1. The molecule has 0 spiro atoms. The van der Waals surface area contributed by atoms with Crippen molar-refractivity contribution in [2.75, 3.05) is 4.90 Å². The van der Waals surface area contributed by atoms with Gasteiger partial charge in [0, 0.05) is 4.47 Å². The smallest absolute Gasteiger partial charge is 0.335 e. The molecule has 3 aromatic rings. The van der Waals surface area contributed by atoms with Crippen LogP contribution in [-0.2, 0) is 16.2 Å². The van der Waals surface area contributed by atoms with E-state index in [1.165, 1.54) is 6.08 Å². The second-order valence-electron chi connectivity index (χ2n) is 7.62. The number of hydrogen-bond acceptors (Lipinski definition) is 4. The molecular weight excluding hydrogens is 623 g/mol. The van der Waals surface area contributed by atoms with Gasteiger partial charge in [-0.2, -0.15) is 0 Å². The highest BCUT2D eigenvalue weighted by atomic mass is 79.9. The fraction of sp³-hybridized carbons (Fsp3) is 0.0800. The molecule has 1 N–H and O–H groups in total. The number of halogens is 4. The molecule has 0 aromatic heterocycles. The Bertz CT molecular complexity index is 1410. The largest absolute Gasteiger partial charge is 0.488 e. The topological polar surface area (TPSA) is 75.7 Å². The monoisotopic (exact) mass is 636 g/mol. The molecule has 4 rings (SSSR count). The maximum Gasteiger partial charge on any atom is 0.335 e. The predicted octanol–water partition coefficient (Wildman–Crippen LogP) is 7.07. The molecule has 4 amide bonds. The third kappa shape index (κ3) is 5.62. The van der Waals surface area contributed by atoms with Crippen molar-refractivity contribution in [1.29, 1.82) is 0 Å². The van der Waals surface area contributed by atoms with Gasteiger partial charge in [-0.3, -0.25) is 14.9 Å². The summed E-state index contributed by atoms with van der Waals surface area (Å²) in [6, 6.07) is 14.7. The molecule has 1 aliphatic rings. The minimum absolute atomic E-state index is 0.164. The molecule has 35 heavy (non-hydrogen) atoms. The average molecular weight is 639 g/mol. The van der Waals surface area contributed by atoms with Gasteiger partial charge in [0.1, 0.15) is 17.9 Å². The van der Waals surface area contributed by atoms with Gasteiger partial charge in [-0.25, -0.2) is 9.69 Å². The summed E-state index contributed by atoms with van der Waals surface area (Å²) in [5, 5.41) is 3.14. The highest BCUT2D eigenvalue weighted by molar-refractivity contribution is 9.10. The van der Waals surface area contributed by atoms with E-state index in [-0.39, 0.29) is 12.2 Å². The summed E-state index contributed by atoms with van der Waals surface area (Å²) in [7, 11) is 0. The number of barbiturate groups is 1. The number of amides is 4. The van der Waals surface area contributed by atoms with Crippen molar-refractivity contribution >= 4 is 84.7 Å². The molecule has 1 saturated heterocycles. The lowest BCUT2D eigenvalue weighted by Crippen LogP contribution is -2.54. The molecule has 1 heterocycles. The number of nitrogens with one attached hydrogen (secondary N) is 1. The van der Waals surface area contributed by atoms with E-state index < -0.39 is 17.8 Å². The van der Waals surface area contributed by atoms with Gasteiger partial charge in [0.15, 0.2) is 0 Å². The van der Waals surface area contributed by atoms with E-state index in [2.05, 4.69) is 37.2 Å². The lowest BCUT2D eigenvalue weighted by atomic mass is 10.1. The number of carbonyl (C=O) groups excluding carboxylic acids is 3. The van der Waals surface area contributed by atoms with Gasteiger partial charge in [-0.15, -0.1) is 0 Å². The van der Waals surface area contributed by atoms with Crippen LogP contribution in [-0.4, -0.2) is 17.8 Å². The van der Waals surface area contributed by atoms with Crippen molar-refractivity contribution in [2.24, 2.45) is 0 Å². The zero-order valence-electron chi connectivity index (χ0n) is 18.1. The average Bonchev–Trinajstić information content (AvgIpc) is 2.79. The number of carbonyl (C=O) groups is 3. The Morgan fingerprint density at radius 3 is 2.43 bits per heavy atom. The van der Waals surface area contributed by atoms with Crippen LogP contribution in [0.3, 0.4) is 0 Å². The quantitative estimate of drug-likeness (QED) is 0.240. The molecule has 0 aliphatic carbocycles. The first-order chi connectivity index (χ1) is 16.6. The summed E-state index contributed by atoms with van der Waals surface area (Å²) in [6.45, 7) is 2.04. The van der Waals surface area contributed by atoms with Crippen LogP contribution in [0.15, 0.2) is 69.1 Å². The van der Waals surface area contributed by atoms with E-state index in [0.717, 1.165) is 14.9 Å². The first-order valence-electron chi connectivity index (χ1n) is 10.2. The minimum Gasteiger partial charge on any atom is -0.488 e. The van der Waals surface area contributed by atoms with Crippen LogP contribution < -0.4 is 15.0 Å². The van der Waals surface area contributed by atoms with Crippen molar-refractivity contribution in [3.63, 3.8) is 0 Å². The van der Waals surface area contributed by atoms with Gasteiger partial charge in [0.2, 0.25) is 0 Å².